The summed E-state index contributed by atoms with van der Waals surface area (Å²) in [6.45, 7) is 0.666. The fourth-order valence-electron chi connectivity index (χ4n) is 3.27. The van der Waals surface area contributed by atoms with Crippen LogP contribution in [0.15, 0.2) is 53.4 Å². The number of anilines is 2. The molecule has 2 aromatic rings. The van der Waals surface area contributed by atoms with Crippen molar-refractivity contribution in [1.29, 1.82) is 0 Å². The van der Waals surface area contributed by atoms with Crippen LogP contribution in [0, 0.1) is 5.82 Å². The smallest absolute Gasteiger partial charge is 0.244 e. The molecule has 0 spiro atoms. The molecule has 1 unspecified atom stereocenters. The number of carbonyl (C=O) groups is 2. The van der Waals surface area contributed by atoms with Gasteiger partial charge >= 0.3 is 0 Å². The highest BCUT2D eigenvalue weighted by atomic mass is 32.2. The highest BCUT2D eigenvalue weighted by molar-refractivity contribution is 7.98. The van der Waals surface area contributed by atoms with Crippen molar-refractivity contribution in [2.24, 2.45) is 0 Å². The Labute approximate surface area is 185 Å². The van der Waals surface area contributed by atoms with Gasteiger partial charge in [-0.2, -0.15) is 16.5 Å². The number of nitrogens with one attached hydrogen (secondary N) is 2. The molecular weight excluding hydrogens is 441 g/mol. The van der Waals surface area contributed by atoms with E-state index in [0.29, 0.717) is 24.4 Å². The van der Waals surface area contributed by atoms with Crippen LogP contribution in [0.2, 0.25) is 0 Å². The summed E-state index contributed by atoms with van der Waals surface area (Å²) < 4.78 is 41.6. The van der Waals surface area contributed by atoms with Crippen molar-refractivity contribution in [3.8, 4) is 0 Å². The van der Waals surface area contributed by atoms with E-state index in [2.05, 4.69) is 10.0 Å². The minimum atomic E-state index is -4.22. The van der Waals surface area contributed by atoms with Gasteiger partial charge in [0.2, 0.25) is 21.8 Å². The molecule has 31 heavy (non-hydrogen) atoms. The fraction of sp³-hybridized carbons (Fsp3) is 0.333. The van der Waals surface area contributed by atoms with Gasteiger partial charge in [0.05, 0.1) is 0 Å². The molecule has 10 heteroatoms. The quantitative estimate of drug-likeness (QED) is 0.594. The van der Waals surface area contributed by atoms with Gasteiger partial charge in [-0.1, -0.05) is 12.1 Å². The maximum absolute atomic E-state index is 14.0. The Morgan fingerprint density at radius 1 is 1.19 bits per heavy atom. The Hall–Kier alpha value is -2.43. The SMILES string of the molecule is CSCCC(NS(=O)(=O)c1ccccc1F)C(=O)Nc1ccc(N2CCCC2=O)cc1. The number of sulfonamides is 1. The summed E-state index contributed by atoms with van der Waals surface area (Å²) in [4.78, 5) is 25.9. The Morgan fingerprint density at radius 2 is 1.90 bits per heavy atom. The molecule has 0 aliphatic carbocycles. The summed E-state index contributed by atoms with van der Waals surface area (Å²) in [5, 5.41) is 2.70. The zero-order chi connectivity index (χ0) is 22.4. The molecule has 1 aliphatic heterocycles. The van der Waals surface area contributed by atoms with Crippen molar-refractivity contribution < 1.29 is 22.4 Å². The van der Waals surface area contributed by atoms with Crippen molar-refractivity contribution in [2.45, 2.75) is 30.2 Å². The first kappa shape index (κ1) is 23.2. The third-order valence-electron chi connectivity index (χ3n) is 4.87. The van der Waals surface area contributed by atoms with E-state index in [1.54, 1.807) is 29.2 Å². The van der Waals surface area contributed by atoms with Crippen molar-refractivity contribution in [1.82, 2.24) is 4.72 Å². The minimum absolute atomic E-state index is 0.0662. The van der Waals surface area contributed by atoms with Crippen LogP contribution in [-0.2, 0) is 19.6 Å². The number of rotatable bonds is 9. The average molecular weight is 466 g/mol. The number of carbonyl (C=O) groups excluding carboxylic acids is 2. The van der Waals surface area contributed by atoms with E-state index in [9.17, 15) is 22.4 Å². The topological polar surface area (TPSA) is 95.6 Å². The monoisotopic (exact) mass is 465 g/mol. The molecule has 2 N–H and O–H groups in total. The van der Waals surface area contributed by atoms with Crippen LogP contribution in [-0.4, -0.2) is 44.8 Å². The second kappa shape index (κ2) is 10.3. The van der Waals surface area contributed by atoms with E-state index in [1.165, 1.54) is 23.9 Å². The van der Waals surface area contributed by atoms with E-state index < -0.39 is 32.7 Å². The first-order chi connectivity index (χ1) is 14.8. The van der Waals surface area contributed by atoms with Gasteiger partial charge in [0.15, 0.2) is 0 Å². The summed E-state index contributed by atoms with van der Waals surface area (Å²) in [6, 6.07) is 10.7. The van der Waals surface area contributed by atoms with Crippen LogP contribution in [0.25, 0.3) is 0 Å². The molecule has 1 heterocycles. The van der Waals surface area contributed by atoms with Crippen LogP contribution >= 0.6 is 11.8 Å². The van der Waals surface area contributed by atoms with E-state index in [1.807, 2.05) is 6.26 Å². The highest BCUT2D eigenvalue weighted by Crippen LogP contribution is 2.23. The molecule has 1 aliphatic rings. The van der Waals surface area contributed by atoms with E-state index in [4.69, 9.17) is 0 Å². The largest absolute Gasteiger partial charge is 0.325 e. The van der Waals surface area contributed by atoms with Crippen LogP contribution in [0.1, 0.15) is 19.3 Å². The molecule has 0 bridgehead atoms. The summed E-state index contributed by atoms with van der Waals surface area (Å²) in [5.41, 5.74) is 1.22. The van der Waals surface area contributed by atoms with Crippen LogP contribution in [0.3, 0.4) is 0 Å². The maximum atomic E-state index is 14.0. The standard InChI is InChI=1S/C21H24FN3O4S2/c1-30-14-12-18(24-31(28,29)19-6-3-2-5-17(19)22)21(27)23-15-8-10-16(11-9-15)25-13-4-7-20(25)26/h2-3,5-6,8-11,18,24H,4,7,12-14H2,1H3,(H,23,27). The van der Waals surface area contributed by atoms with Crippen molar-refractivity contribution in [2.75, 3.05) is 28.8 Å². The second-order valence-corrected chi connectivity index (χ2v) is 9.74. The van der Waals surface area contributed by atoms with Crippen LogP contribution in [0.5, 0.6) is 0 Å². The number of nitrogens with zero attached hydrogens (tertiary/aromatic N) is 1. The summed E-state index contributed by atoms with van der Waals surface area (Å²) in [7, 11) is -4.22. The Balaban J connectivity index is 1.72. The molecule has 166 valence electrons. The van der Waals surface area contributed by atoms with Gasteiger partial charge in [-0.3, -0.25) is 9.59 Å². The third kappa shape index (κ3) is 5.84. The van der Waals surface area contributed by atoms with E-state index in [0.717, 1.165) is 24.2 Å². The number of halogens is 1. The number of hydrogen-bond donors (Lipinski definition) is 2. The predicted molar refractivity (Wildman–Crippen MR) is 120 cm³/mol. The summed E-state index contributed by atoms with van der Waals surface area (Å²) in [5.74, 6) is -0.824. The molecule has 0 radical (unpaired) electrons. The second-order valence-electron chi connectivity index (χ2n) is 7.07. The van der Waals surface area contributed by atoms with Gasteiger partial charge in [-0.15, -0.1) is 0 Å². The Kier molecular flexibility index (Phi) is 7.69. The van der Waals surface area contributed by atoms with Gasteiger partial charge in [0.1, 0.15) is 16.8 Å². The number of benzene rings is 2. The van der Waals surface area contributed by atoms with Crippen molar-refractivity contribution in [3.05, 3.63) is 54.3 Å². The molecule has 2 aromatic carbocycles. The van der Waals surface area contributed by atoms with E-state index >= 15 is 0 Å². The van der Waals surface area contributed by atoms with Gasteiger partial charge in [-0.05, 0) is 61.2 Å². The lowest BCUT2D eigenvalue weighted by molar-refractivity contribution is -0.118. The molecule has 1 atom stereocenters. The lowest BCUT2D eigenvalue weighted by Gasteiger charge is -2.19. The highest BCUT2D eigenvalue weighted by Gasteiger charge is 2.27. The van der Waals surface area contributed by atoms with Gasteiger partial charge in [0, 0.05) is 24.3 Å². The van der Waals surface area contributed by atoms with Crippen LogP contribution < -0.4 is 14.9 Å². The average Bonchev–Trinajstić information content (AvgIpc) is 3.17. The van der Waals surface area contributed by atoms with Gasteiger partial charge in [-0.25, -0.2) is 12.8 Å². The number of amides is 2. The lowest BCUT2D eigenvalue weighted by atomic mass is 10.2. The van der Waals surface area contributed by atoms with Crippen molar-refractivity contribution >= 4 is 45.0 Å². The Bertz CT molecular complexity index is 1040. The minimum Gasteiger partial charge on any atom is -0.325 e. The van der Waals surface area contributed by atoms with Gasteiger partial charge in [0.25, 0.3) is 0 Å². The molecular formula is C21H24FN3O4S2. The van der Waals surface area contributed by atoms with Crippen molar-refractivity contribution in [3.63, 3.8) is 0 Å². The first-order valence-electron chi connectivity index (χ1n) is 9.79. The Morgan fingerprint density at radius 3 is 2.52 bits per heavy atom. The summed E-state index contributed by atoms with van der Waals surface area (Å²) >= 11 is 1.47. The molecule has 2 amide bonds. The zero-order valence-electron chi connectivity index (χ0n) is 17.0. The predicted octanol–water partition coefficient (Wildman–Crippen LogP) is 2.99. The molecule has 7 nitrogen and oxygen atoms in total. The fourth-order valence-corrected chi connectivity index (χ4v) is 5.05. The van der Waals surface area contributed by atoms with Crippen LogP contribution in [0.4, 0.5) is 15.8 Å². The van der Waals surface area contributed by atoms with E-state index in [-0.39, 0.29) is 12.3 Å². The zero-order valence-corrected chi connectivity index (χ0v) is 18.6. The molecule has 0 saturated carbocycles. The lowest BCUT2D eigenvalue weighted by Crippen LogP contribution is -2.44. The normalized spacial score (nSPS) is 15.2. The maximum Gasteiger partial charge on any atom is 0.244 e. The molecule has 3 rings (SSSR count). The summed E-state index contributed by atoms with van der Waals surface area (Å²) in [6.07, 6.45) is 3.42. The molecule has 0 aromatic heterocycles. The third-order valence-corrected chi connectivity index (χ3v) is 7.02. The number of thioether (sulfide) groups is 1. The number of hydrogen-bond acceptors (Lipinski definition) is 5. The molecule has 1 fully saturated rings. The first-order valence-corrected chi connectivity index (χ1v) is 12.7. The molecule has 1 saturated heterocycles. The van der Waals surface area contributed by atoms with Gasteiger partial charge < -0.3 is 10.2 Å².